The number of hydrogen-bond acceptors (Lipinski definition) is 2. The van der Waals surface area contributed by atoms with Gasteiger partial charge in [-0.15, -0.1) is 0 Å². The van der Waals surface area contributed by atoms with Gasteiger partial charge in [0.15, 0.2) is 0 Å². The van der Waals surface area contributed by atoms with Gasteiger partial charge in [-0.1, -0.05) is 6.92 Å². The lowest BCUT2D eigenvalue weighted by Gasteiger charge is -2.65. The molecular weight excluding hydrogens is 128 g/mol. The normalized spacial score (nSPS) is 49.0. The van der Waals surface area contributed by atoms with Crippen LogP contribution in [0.25, 0.3) is 0 Å². The van der Waals surface area contributed by atoms with E-state index in [2.05, 4.69) is 6.92 Å². The molecule has 1 atom stereocenters. The standard InChI is InChI=1S/C8H12O2/c1-5-6-3-8(5,4-6)7(9)10-2/h5-6H,3-4H2,1-2H3. The zero-order valence-electron chi connectivity index (χ0n) is 6.39. The van der Waals surface area contributed by atoms with E-state index in [4.69, 9.17) is 4.74 Å². The smallest absolute Gasteiger partial charge is 0.312 e. The molecule has 0 aliphatic heterocycles. The molecule has 3 aliphatic carbocycles. The molecule has 0 saturated heterocycles. The summed E-state index contributed by atoms with van der Waals surface area (Å²) in [5.41, 5.74) is -0.0284. The van der Waals surface area contributed by atoms with Gasteiger partial charge in [-0.2, -0.15) is 0 Å². The number of carbonyl (C=O) groups is 1. The Labute approximate surface area is 60.6 Å². The minimum absolute atomic E-state index is 0.0162. The van der Waals surface area contributed by atoms with E-state index < -0.39 is 0 Å². The second-order valence-corrected chi connectivity index (χ2v) is 3.60. The third kappa shape index (κ3) is 0.414. The molecule has 2 nitrogen and oxygen atoms in total. The lowest BCUT2D eigenvalue weighted by molar-refractivity contribution is -0.214. The molecule has 10 heavy (non-hydrogen) atoms. The molecule has 0 aromatic carbocycles. The Morgan fingerprint density at radius 2 is 2.20 bits per heavy atom. The minimum atomic E-state index is -0.0284. The van der Waals surface area contributed by atoms with Crippen LogP contribution >= 0.6 is 0 Å². The zero-order valence-corrected chi connectivity index (χ0v) is 6.39. The summed E-state index contributed by atoms with van der Waals surface area (Å²) < 4.78 is 4.73. The van der Waals surface area contributed by atoms with Crippen LogP contribution in [0.1, 0.15) is 19.8 Å². The maximum Gasteiger partial charge on any atom is 0.312 e. The van der Waals surface area contributed by atoms with Crippen LogP contribution in [0.15, 0.2) is 0 Å². The first-order chi connectivity index (χ1) is 4.70. The van der Waals surface area contributed by atoms with Crippen LogP contribution in [0.2, 0.25) is 0 Å². The fourth-order valence-electron chi connectivity index (χ4n) is 2.29. The predicted molar refractivity (Wildman–Crippen MR) is 36.3 cm³/mol. The Kier molecular flexibility index (Phi) is 0.960. The molecule has 2 heteroatoms. The van der Waals surface area contributed by atoms with Gasteiger partial charge >= 0.3 is 5.97 Å². The monoisotopic (exact) mass is 140 g/mol. The van der Waals surface area contributed by atoms with Crippen LogP contribution in [0.4, 0.5) is 0 Å². The van der Waals surface area contributed by atoms with Crippen LogP contribution in [0.3, 0.4) is 0 Å². The van der Waals surface area contributed by atoms with Crippen molar-refractivity contribution < 1.29 is 9.53 Å². The van der Waals surface area contributed by atoms with Crippen molar-refractivity contribution in [3.05, 3.63) is 0 Å². The summed E-state index contributed by atoms with van der Waals surface area (Å²) in [5, 5.41) is 0. The average Bonchev–Trinajstić information content (AvgIpc) is 1.84. The minimum Gasteiger partial charge on any atom is -0.469 e. The number of methoxy groups -OCH3 is 1. The van der Waals surface area contributed by atoms with Gasteiger partial charge in [0, 0.05) is 0 Å². The van der Waals surface area contributed by atoms with Gasteiger partial charge in [-0.25, -0.2) is 0 Å². The van der Waals surface area contributed by atoms with Crippen molar-refractivity contribution in [2.24, 2.45) is 17.3 Å². The summed E-state index contributed by atoms with van der Waals surface area (Å²) in [6.07, 6.45) is 2.17. The average molecular weight is 140 g/mol. The molecule has 3 saturated carbocycles. The number of hydrogen-bond donors (Lipinski definition) is 0. The van der Waals surface area contributed by atoms with E-state index >= 15 is 0 Å². The lowest BCUT2D eigenvalue weighted by Crippen LogP contribution is -2.64. The van der Waals surface area contributed by atoms with E-state index in [0.717, 1.165) is 18.8 Å². The Morgan fingerprint density at radius 1 is 1.60 bits per heavy atom. The summed E-state index contributed by atoms with van der Waals surface area (Å²) in [7, 11) is 1.48. The van der Waals surface area contributed by atoms with Crippen molar-refractivity contribution in [3.63, 3.8) is 0 Å². The second kappa shape index (κ2) is 1.55. The third-order valence-corrected chi connectivity index (χ3v) is 3.42. The van der Waals surface area contributed by atoms with E-state index in [1.165, 1.54) is 7.11 Å². The van der Waals surface area contributed by atoms with Crippen LogP contribution in [0, 0.1) is 17.3 Å². The van der Waals surface area contributed by atoms with Gasteiger partial charge in [0.25, 0.3) is 0 Å². The van der Waals surface area contributed by atoms with Gasteiger partial charge in [-0.3, -0.25) is 4.79 Å². The number of esters is 1. The highest BCUT2D eigenvalue weighted by Crippen LogP contribution is 2.68. The van der Waals surface area contributed by atoms with Crippen molar-refractivity contribution in [2.75, 3.05) is 7.11 Å². The Balaban J connectivity index is 2.10. The van der Waals surface area contributed by atoms with Crippen molar-refractivity contribution in [1.82, 2.24) is 0 Å². The van der Waals surface area contributed by atoms with Gasteiger partial charge in [0.2, 0.25) is 0 Å². The van der Waals surface area contributed by atoms with Crippen LogP contribution < -0.4 is 0 Å². The zero-order chi connectivity index (χ0) is 7.35. The van der Waals surface area contributed by atoms with Crippen LogP contribution in [0.5, 0.6) is 0 Å². The Morgan fingerprint density at radius 3 is 2.30 bits per heavy atom. The molecule has 0 aromatic heterocycles. The van der Waals surface area contributed by atoms with Crippen LogP contribution in [-0.4, -0.2) is 13.1 Å². The van der Waals surface area contributed by atoms with E-state index in [1.807, 2.05) is 0 Å². The Bertz CT molecular complexity index is 180. The summed E-state index contributed by atoms with van der Waals surface area (Å²) in [4.78, 5) is 11.1. The largest absolute Gasteiger partial charge is 0.469 e. The molecule has 0 radical (unpaired) electrons. The second-order valence-electron chi connectivity index (χ2n) is 3.60. The van der Waals surface area contributed by atoms with Crippen molar-refractivity contribution in [3.8, 4) is 0 Å². The van der Waals surface area contributed by atoms with Crippen LogP contribution in [-0.2, 0) is 9.53 Å². The van der Waals surface area contributed by atoms with Gasteiger partial charge in [0.05, 0.1) is 12.5 Å². The summed E-state index contributed by atoms with van der Waals surface area (Å²) in [6.45, 7) is 2.15. The van der Waals surface area contributed by atoms with E-state index in [9.17, 15) is 4.79 Å². The quantitative estimate of drug-likeness (QED) is 0.512. The first kappa shape index (κ1) is 6.20. The first-order valence-corrected chi connectivity index (χ1v) is 3.79. The fraction of sp³-hybridized carbons (Fsp3) is 0.875. The summed E-state index contributed by atoms with van der Waals surface area (Å²) >= 11 is 0. The van der Waals surface area contributed by atoms with Gasteiger partial charge in [0.1, 0.15) is 0 Å². The molecular formula is C8H12O2. The lowest BCUT2D eigenvalue weighted by atomic mass is 9.38. The topological polar surface area (TPSA) is 26.3 Å². The maximum absolute atomic E-state index is 11.1. The molecule has 0 aromatic rings. The molecule has 3 rings (SSSR count). The molecule has 0 N–H and O–H groups in total. The van der Waals surface area contributed by atoms with E-state index in [1.54, 1.807) is 0 Å². The van der Waals surface area contributed by atoms with E-state index in [0.29, 0.717) is 5.92 Å². The molecule has 0 heterocycles. The highest BCUT2D eigenvalue weighted by Gasteiger charge is 2.68. The molecule has 3 aliphatic rings. The SMILES string of the molecule is COC(=O)C12CC(C1)C2C. The number of carbonyl (C=O) groups excluding carboxylic acids is 1. The van der Waals surface area contributed by atoms with Crippen molar-refractivity contribution in [1.29, 1.82) is 0 Å². The number of ether oxygens (including phenoxy) is 1. The van der Waals surface area contributed by atoms with E-state index in [-0.39, 0.29) is 11.4 Å². The highest BCUT2D eigenvalue weighted by atomic mass is 16.5. The van der Waals surface area contributed by atoms with Gasteiger partial charge < -0.3 is 4.74 Å². The molecule has 3 fully saturated rings. The summed E-state index contributed by atoms with van der Waals surface area (Å²) in [6, 6.07) is 0. The molecule has 2 bridgehead atoms. The van der Waals surface area contributed by atoms with Crippen molar-refractivity contribution >= 4 is 5.97 Å². The Hall–Kier alpha value is -0.530. The number of rotatable bonds is 1. The molecule has 0 spiro atoms. The van der Waals surface area contributed by atoms with Crippen molar-refractivity contribution in [2.45, 2.75) is 19.8 Å². The highest BCUT2D eigenvalue weighted by molar-refractivity contribution is 5.80. The predicted octanol–water partition coefficient (Wildman–Crippen LogP) is 1.21. The van der Waals surface area contributed by atoms with Gasteiger partial charge in [-0.05, 0) is 24.7 Å². The molecule has 1 unspecified atom stereocenters. The first-order valence-electron chi connectivity index (χ1n) is 3.79. The molecule has 56 valence electrons. The third-order valence-electron chi connectivity index (χ3n) is 3.42. The molecule has 0 amide bonds. The fourth-order valence-corrected chi connectivity index (χ4v) is 2.29. The maximum atomic E-state index is 11.1. The summed E-state index contributed by atoms with van der Waals surface area (Å²) in [5.74, 6) is 1.45.